The molecule has 2 rings (SSSR count). The van der Waals surface area contributed by atoms with E-state index in [9.17, 15) is 4.79 Å². The van der Waals surface area contributed by atoms with Gasteiger partial charge in [0.15, 0.2) is 0 Å². The van der Waals surface area contributed by atoms with Crippen LogP contribution in [0.4, 0.5) is 0 Å². The van der Waals surface area contributed by atoms with E-state index in [1.165, 1.54) is 4.88 Å². The van der Waals surface area contributed by atoms with E-state index < -0.39 is 0 Å². The van der Waals surface area contributed by atoms with Crippen molar-refractivity contribution in [1.29, 1.82) is 0 Å². The third kappa shape index (κ3) is 5.14. The number of amides is 1. The number of aryl methyl sites for hydroxylation is 1. The summed E-state index contributed by atoms with van der Waals surface area (Å²) < 4.78 is 0.789. The van der Waals surface area contributed by atoms with Gasteiger partial charge in [-0.2, -0.15) is 0 Å². The molecule has 0 aliphatic carbocycles. The highest BCUT2D eigenvalue weighted by molar-refractivity contribution is 7.16. The van der Waals surface area contributed by atoms with Crippen molar-refractivity contribution in [2.45, 2.75) is 31.7 Å². The molecule has 6 heteroatoms. The van der Waals surface area contributed by atoms with Gasteiger partial charge in [-0.15, -0.1) is 23.7 Å². The zero-order chi connectivity index (χ0) is 12.1. The second-order valence-corrected chi connectivity index (χ2v) is 6.12. The van der Waals surface area contributed by atoms with Gasteiger partial charge < -0.3 is 10.6 Å². The van der Waals surface area contributed by atoms with Crippen molar-refractivity contribution in [3.05, 3.63) is 21.3 Å². The van der Waals surface area contributed by atoms with Gasteiger partial charge in [-0.05, 0) is 37.9 Å². The van der Waals surface area contributed by atoms with E-state index in [0.29, 0.717) is 12.5 Å². The summed E-state index contributed by atoms with van der Waals surface area (Å²) in [6, 6.07) is 4.18. The molecule has 2 N–H and O–H groups in total. The maximum atomic E-state index is 11.7. The minimum Gasteiger partial charge on any atom is -0.352 e. The highest BCUT2D eigenvalue weighted by Crippen LogP contribution is 2.22. The highest BCUT2D eigenvalue weighted by atomic mass is 35.5. The first kappa shape index (κ1) is 15.8. The summed E-state index contributed by atoms with van der Waals surface area (Å²) in [6.45, 7) is 1.97. The normalized spacial score (nSPS) is 19.1. The van der Waals surface area contributed by atoms with E-state index in [2.05, 4.69) is 10.6 Å². The molecule has 1 amide bonds. The second-order valence-electron chi connectivity index (χ2n) is 4.32. The summed E-state index contributed by atoms with van der Waals surface area (Å²) >= 11 is 7.39. The summed E-state index contributed by atoms with van der Waals surface area (Å²) in [4.78, 5) is 12.9. The van der Waals surface area contributed by atoms with Crippen molar-refractivity contribution in [3.63, 3.8) is 0 Å². The van der Waals surface area contributed by atoms with Crippen LogP contribution < -0.4 is 10.6 Å². The lowest BCUT2D eigenvalue weighted by Gasteiger charge is -2.23. The second kappa shape index (κ2) is 8.00. The Morgan fingerprint density at radius 3 is 3.00 bits per heavy atom. The van der Waals surface area contributed by atoms with Gasteiger partial charge in [0.05, 0.1) is 4.34 Å². The van der Waals surface area contributed by atoms with Crippen molar-refractivity contribution >= 4 is 41.3 Å². The quantitative estimate of drug-likeness (QED) is 0.898. The summed E-state index contributed by atoms with van der Waals surface area (Å²) in [7, 11) is 0. The first-order valence-corrected chi connectivity index (χ1v) is 7.18. The fourth-order valence-electron chi connectivity index (χ4n) is 2.00. The van der Waals surface area contributed by atoms with E-state index in [4.69, 9.17) is 11.6 Å². The van der Waals surface area contributed by atoms with Crippen LogP contribution in [0.5, 0.6) is 0 Å². The van der Waals surface area contributed by atoms with Gasteiger partial charge in [0.1, 0.15) is 0 Å². The van der Waals surface area contributed by atoms with Crippen LogP contribution in [0.3, 0.4) is 0 Å². The molecule has 1 saturated heterocycles. The molecule has 0 saturated carbocycles. The number of halogens is 2. The van der Waals surface area contributed by atoms with Gasteiger partial charge in [0, 0.05) is 23.9 Å². The Labute approximate surface area is 123 Å². The Hall–Kier alpha value is -0.290. The van der Waals surface area contributed by atoms with Gasteiger partial charge in [0.2, 0.25) is 5.91 Å². The molecular weight excluding hydrogens is 291 g/mol. The Morgan fingerprint density at radius 1 is 1.56 bits per heavy atom. The number of carbonyl (C=O) groups is 1. The lowest BCUT2D eigenvalue weighted by molar-refractivity contribution is -0.121. The van der Waals surface area contributed by atoms with Crippen LogP contribution in [-0.4, -0.2) is 25.0 Å². The Kier molecular flexibility index (Phi) is 7.00. The van der Waals surface area contributed by atoms with E-state index in [-0.39, 0.29) is 18.3 Å². The topological polar surface area (TPSA) is 41.1 Å². The molecule has 0 radical (unpaired) electrons. The number of nitrogens with one attached hydrogen (secondary N) is 2. The number of hydrogen-bond acceptors (Lipinski definition) is 3. The molecule has 0 aromatic carbocycles. The van der Waals surface area contributed by atoms with Gasteiger partial charge in [-0.1, -0.05) is 11.6 Å². The predicted octanol–water partition coefficient (Wildman–Crippen LogP) is 2.62. The fourth-order valence-corrected chi connectivity index (χ4v) is 3.08. The zero-order valence-electron chi connectivity index (χ0n) is 10.1. The number of hydrogen-bond donors (Lipinski definition) is 2. The molecule has 1 aliphatic rings. The number of thiophene rings is 1. The largest absolute Gasteiger partial charge is 0.352 e. The average molecular weight is 309 g/mol. The van der Waals surface area contributed by atoms with Crippen LogP contribution >= 0.6 is 35.3 Å². The number of piperidine rings is 1. The Balaban J connectivity index is 0.00000162. The monoisotopic (exact) mass is 308 g/mol. The standard InChI is InChI=1S/C12H17ClN2OS.ClH/c13-11-5-3-10(17-11)4-6-12(16)15-9-2-1-7-14-8-9;/h3,5,9,14H,1-2,4,6-8H2,(H,15,16);1H. The van der Waals surface area contributed by atoms with Gasteiger partial charge in [-0.3, -0.25) is 4.79 Å². The third-order valence-electron chi connectivity index (χ3n) is 2.89. The van der Waals surface area contributed by atoms with Gasteiger partial charge in [-0.25, -0.2) is 0 Å². The lowest BCUT2D eigenvalue weighted by atomic mass is 10.1. The van der Waals surface area contributed by atoms with Crippen molar-refractivity contribution < 1.29 is 4.79 Å². The van der Waals surface area contributed by atoms with Gasteiger partial charge >= 0.3 is 0 Å². The first-order valence-electron chi connectivity index (χ1n) is 5.98. The third-order valence-corrected chi connectivity index (χ3v) is 4.18. The van der Waals surface area contributed by atoms with Crippen molar-refractivity contribution in [2.75, 3.05) is 13.1 Å². The van der Waals surface area contributed by atoms with Crippen molar-refractivity contribution in [1.82, 2.24) is 10.6 Å². The molecule has 1 aromatic rings. The lowest BCUT2D eigenvalue weighted by Crippen LogP contribution is -2.45. The molecule has 1 fully saturated rings. The molecule has 1 aliphatic heterocycles. The summed E-state index contributed by atoms with van der Waals surface area (Å²) in [5.74, 6) is 0.142. The summed E-state index contributed by atoms with van der Waals surface area (Å²) in [6.07, 6.45) is 3.56. The van der Waals surface area contributed by atoms with Crippen molar-refractivity contribution in [3.8, 4) is 0 Å². The van der Waals surface area contributed by atoms with E-state index >= 15 is 0 Å². The number of rotatable bonds is 4. The van der Waals surface area contributed by atoms with Gasteiger partial charge in [0.25, 0.3) is 0 Å². The Morgan fingerprint density at radius 2 is 2.39 bits per heavy atom. The van der Waals surface area contributed by atoms with Crippen LogP contribution in [0.15, 0.2) is 12.1 Å². The molecule has 1 aromatic heterocycles. The smallest absolute Gasteiger partial charge is 0.220 e. The van der Waals surface area contributed by atoms with Crippen molar-refractivity contribution in [2.24, 2.45) is 0 Å². The highest BCUT2D eigenvalue weighted by Gasteiger charge is 2.15. The van der Waals surface area contributed by atoms with Crippen LogP contribution in [0.1, 0.15) is 24.1 Å². The molecule has 1 unspecified atom stereocenters. The first-order chi connectivity index (χ1) is 8.24. The maximum absolute atomic E-state index is 11.7. The summed E-state index contributed by atoms with van der Waals surface area (Å²) in [5.41, 5.74) is 0. The van der Waals surface area contributed by atoms with Crippen LogP contribution in [0.2, 0.25) is 4.34 Å². The van der Waals surface area contributed by atoms with Crippen LogP contribution in [0.25, 0.3) is 0 Å². The predicted molar refractivity (Wildman–Crippen MR) is 78.9 cm³/mol. The molecule has 102 valence electrons. The molecule has 18 heavy (non-hydrogen) atoms. The summed E-state index contributed by atoms with van der Waals surface area (Å²) in [5, 5.41) is 6.35. The molecule has 0 spiro atoms. The average Bonchev–Trinajstić information content (AvgIpc) is 2.74. The minimum absolute atomic E-state index is 0. The molecular formula is C12H18Cl2N2OS. The minimum atomic E-state index is 0. The maximum Gasteiger partial charge on any atom is 0.220 e. The van der Waals surface area contributed by atoms with E-state index in [1.807, 2.05) is 12.1 Å². The van der Waals surface area contributed by atoms with Crippen LogP contribution in [-0.2, 0) is 11.2 Å². The Bertz CT molecular complexity index is 378. The zero-order valence-corrected chi connectivity index (χ0v) is 12.5. The number of carbonyl (C=O) groups excluding carboxylic acids is 1. The molecule has 3 nitrogen and oxygen atoms in total. The molecule has 1 atom stereocenters. The van der Waals surface area contributed by atoms with Crippen LogP contribution in [0, 0.1) is 0 Å². The van der Waals surface area contributed by atoms with E-state index in [0.717, 1.165) is 36.7 Å². The SMILES string of the molecule is Cl.O=C(CCc1ccc(Cl)s1)NC1CCCNC1. The molecule has 0 bridgehead atoms. The van der Waals surface area contributed by atoms with E-state index in [1.54, 1.807) is 11.3 Å². The fraction of sp³-hybridized carbons (Fsp3) is 0.583. The molecule has 2 heterocycles.